The molecule has 1 aromatic carbocycles. The number of halogens is 1. The summed E-state index contributed by atoms with van der Waals surface area (Å²) in [5, 5.41) is 0. The Kier molecular flexibility index (Phi) is 6.59. The van der Waals surface area contributed by atoms with Gasteiger partial charge in [0.1, 0.15) is 11.6 Å². The fourth-order valence-corrected chi connectivity index (χ4v) is 3.75. The van der Waals surface area contributed by atoms with Crippen molar-refractivity contribution in [1.29, 1.82) is 0 Å². The predicted octanol–water partition coefficient (Wildman–Crippen LogP) is 3.33. The maximum Gasteiger partial charge on any atom is 0.123 e. The third-order valence-electron chi connectivity index (χ3n) is 5.10. The minimum absolute atomic E-state index is 0.134. The van der Waals surface area contributed by atoms with E-state index in [0.717, 1.165) is 57.1 Å². The second-order valence-electron chi connectivity index (χ2n) is 7.05. The zero-order valence-electron chi connectivity index (χ0n) is 15.1. The van der Waals surface area contributed by atoms with Gasteiger partial charge in [-0.3, -0.25) is 4.90 Å². The van der Waals surface area contributed by atoms with Crippen molar-refractivity contribution in [2.24, 2.45) is 5.92 Å². The molecule has 1 aliphatic rings. The number of aromatic amines is 1. The minimum Gasteiger partial charge on any atom is -0.348 e. The van der Waals surface area contributed by atoms with Crippen LogP contribution in [0, 0.1) is 11.7 Å². The lowest BCUT2D eigenvalue weighted by Gasteiger charge is -2.35. The first kappa shape index (κ1) is 18.1. The number of piperidine rings is 1. The van der Waals surface area contributed by atoms with E-state index >= 15 is 0 Å². The van der Waals surface area contributed by atoms with Gasteiger partial charge in [-0.05, 0) is 56.0 Å². The second kappa shape index (κ2) is 9.11. The maximum absolute atomic E-state index is 13.3. The highest BCUT2D eigenvalue weighted by Gasteiger charge is 2.22. The van der Waals surface area contributed by atoms with Crippen LogP contribution in [0.1, 0.15) is 31.2 Å². The van der Waals surface area contributed by atoms with Crippen LogP contribution in [0.15, 0.2) is 36.7 Å². The van der Waals surface area contributed by atoms with E-state index < -0.39 is 0 Å². The molecular formula is C20H29FN4. The molecule has 3 rings (SSSR count). The van der Waals surface area contributed by atoms with Gasteiger partial charge in [-0.1, -0.05) is 19.1 Å². The largest absolute Gasteiger partial charge is 0.348 e. The Balaban J connectivity index is 1.46. The number of likely N-dealkylation sites (tertiary alicyclic amines) is 1. The molecule has 1 atom stereocenters. The Labute approximate surface area is 150 Å². The Morgan fingerprint density at radius 3 is 3.08 bits per heavy atom. The molecule has 0 radical (unpaired) electrons. The zero-order chi connectivity index (χ0) is 17.5. The molecule has 1 saturated heterocycles. The molecule has 136 valence electrons. The van der Waals surface area contributed by atoms with Gasteiger partial charge in [0, 0.05) is 32.0 Å². The molecule has 0 saturated carbocycles. The van der Waals surface area contributed by atoms with E-state index in [-0.39, 0.29) is 5.82 Å². The van der Waals surface area contributed by atoms with Gasteiger partial charge in [0.05, 0.1) is 6.54 Å². The highest BCUT2D eigenvalue weighted by Crippen LogP contribution is 2.19. The fourth-order valence-electron chi connectivity index (χ4n) is 3.75. The van der Waals surface area contributed by atoms with Crippen molar-refractivity contribution in [2.75, 3.05) is 32.7 Å². The van der Waals surface area contributed by atoms with Crippen molar-refractivity contribution in [3.63, 3.8) is 0 Å². The van der Waals surface area contributed by atoms with Crippen molar-refractivity contribution < 1.29 is 4.39 Å². The van der Waals surface area contributed by atoms with Crippen LogP contribution in [0.2, 0.25) is 0 Å². The SMILES string of the molecule is CCN(Cc1ncc[nH]1)C[C@@H]1CCCN(CCc2cccc(F)c2)C1. The lowest BCUT2D eigenvalue weighted by molar-refractivity contribution is 0.132. The van der Waals surface area contributed by atoms with Crippen LogP contribution in [0.3, 0.4) is 0 Å². The van der Waals surface area contributed by atoms with E-state index in [1.807, 2.05) is 18.5 Å². The molecule has 0 spiro atoms. The van der Waals surface area contributed by atoms with E-state index in [1.54, 1.807) is 12.1 Å². The maximum atomic E-state index is 13.3. The highest BCUT2D eigenvalue weighted by molar-refractivity contribution is 5.16. The van der Waals surface area contributed by atoms with Crippen molar-refractivity contribution in [2.45, 2.75) is 32.7 Å². The Bertz CT molecular complexity index is 628. The average Bonchev–Trinajstić information content (AvgIpc) is 3.13. The monoisotopic (exact) mass is 344 g/mol. The molecule has 0 amide bonds. The number of imidazole rings is 1. The molecule has 0 bridgehead atoms. The Morgan fingerprint density at radius 2 is 2.32 bits per heavy atom. The second-order valence-corrected chi connectivity index (χ2v) is 7.05. The predicted molar refractivity (Wildman–Crippen MR) is 98.8 cm³/mol. The summed E-state index contributed by atoms with van der Waals surface area (Å²) < 4.78 is 13.3. The van der Waals surface area contributed by atoms with E-state index in [0.29, 0.717) is 5.92 Å². The zero-order valence-corrected chi connectivity index (χ0v) is 15.1. The normalized spacial score (nSPS) is 18.8. The third kappa shape index (κ3) is 5.65. The number of nitrogens with zero attached hydrogens (tertiary/aromatic N) is 3. The first-order valence-corrected chi connectivity index (χ1v) is 9.40. The number of nitrogens with one attached hydrogen (secondary N) is 1. The minimum atomic E-state index is -0.134. The summed E-state index contributed by atoms with van der Waals surface area (Å²) in [6, 6.07) is 6.99. The lowest BCUT2D eigenvalue weighted by Crippen LogP contribution is -2.41. The van der Waals surface area contributed by atoms with Crippen LogP contribution in [-0.2, 0) is 13.0 Å². The standard InChI is InChI=1S/C20H29FN4/c1-2-24(16-20-22-9-10-23-20)14-18-6-4-11-25(15-18)12-8-17-5-3-7-19(21)13-17/h3,5,7,9-10,13,18H,2,4,6,8,11-12,14-16H2,1H3,(H,22,23)/t18-/m0/s1. The summed E-state index contributed by atoms with van der Waals surface area (Å²) in [4.78, 5) is 12.6. The number of benzene rings is 1. The van der Waals surface area contributed by atoms with Crippen molar-refractivity contribution in [3.8, 4) is 0 Å². The van der Waals surface area contributed by atoms with E-state index in [4.69, 9.17) is 0 Å². The van der Waals surface area contributed by atoms with Gasteiger partial charge < -0.3 is 9.88 Å². The van der Waals surface area contributed by atoms with Crippen LogP contribution < -0.4 is 0 Å². The van der Waals surface area contributed by atoms with Crippen LogP contribution in [0.25, 0.3) is 0 Å². The van der Waals surface area contributed by atoms with Gasteiger partial charge in [-0.2, -0.15) is 0 Å². The number of rotatable bonds is 8. The number of H-pyrrole nitrogens is 1. The summed E-state index contributed by atoms with van der Waals surface area (Å²) in [6.45, 7) is 8.59. The molecule has 1 aliphatic heterocycles. The number of hydrogen-bond donors (Lipinski definition) is 1. The quantitative estimate of drug-likeness (QED) is 0.798. The Hall–Kier alpha value is -1.72. The van der Waals surface area contributed by atoms with Gasteiger partial charge in [0.25, 0.3) is 0 Å². The molecule has 1 fully saturated rings. The molecule has 0 unspecified atom stereocenters. The number of hydrogen-bond acceptors (Lipinski definition) is 3. The molecule has 1 N–H and O–H groups in total. The van der Waals surface area contributed by atoms with Crippen LogP contribution in [0.4, 0.5) is 4.39 Å². The number of aromatic nitrogens is 2. The van der Waals surface area contributed by atoms with Gasteiger partial charge in [0.15, 0.2) is 0 Å². The third-order valence-corrected chi connectivity index (χ3v) is 5.10. The first-order valence-electron chi connectivity index (χ1n) is 9.40. The van der Waals surface area contributed by atoms with Gasteiger partial charge in [-0.25, -0.2) is 9.37 Å². The van der Waals surface area contributed by atoms with Crippen LogP contribution in [-0.4, -0.2) is 52.5 Å². The van der Waals surface area contributed by atoms with Crippen LogP contribution in [0.5, 0.6) is 0 Å². The summed E-state index contributed by atoms with van der Waals surface area (Å²) in [5.41, 5.74) is 1.09. The van der Waals surface area contributed by atoms with Crippen molar-refractivity contribution in [3.05, 3.63) is 53.9 Å². The van der Waals surface area contributed by atoms with E-state index in [2.05, 4.69) is 26.7 Å². The van der Waals surface area contributed by atoms with Crippen molar-refractivity contribution >= 4 is 0 Å². The average molecular weight is 344 g/mol. The molecule has 25 heavy (non-hydrogen) atoms. The molecular weight excluding hydrogens is 315 g/mol. The summed E-state index contributed by atoms with van der Waals surface area (Å²) in [5.74, 6) is 1.61. The highest BCUT2D eigenvalue weighted by atomic mass is 19.1. The topological polar surface area (TPSA) is 35.2 Å². The fraction of sp³-hybridized carbons (Fsp3) is 0.550. The van der Waals surface area contributed by atoms with Gasteiger partial charge in [-0.15, -0.1) is 0 Å². The Morgan fingerprint density at radius 1 is 1.40 bits per heavy atom. The first-order chi connectivity index (χ1) is 12.2. The van der Waals surface area contributed by atoms with E-state index in [9.17, 15) is 4.39 Å². The lowest BCUT2D eigenvalue weighted by atomic mass is 9.97. The molecule has 1 aromatic heterocycles. The molecule has 0 aliphatic carbocycles. The summed E-state index contributed by atoms with van der Waals surface area (Å²) >= 11 is 0. The van der Waals surface area contributed by atoms with Gasteiger partial charge in [0.2, 0.25) is 0 Å². The van der Waals surface area contributed by atoms with Gasteiger partial charge >= 0.3 is 0 Å². The van der Waals surface area contributed by atoms with Crippen molar-refractivity contribution in [1.82, 2.24) is 19.8 Å². The summed E-state index contributed by atoms with van der Waals surface area (Å²) in [7, 11) is 0. The van der Waals surface area contributed by atoms with E-state index in [1.165, 1.54) is 18.9 Å². The smallest absolute Gasteiger partial charge is 0.123 e. The van der Waals surface area contributed by atoms with Crippen LogP contribution >= 0.6 is 0 Å². The molecule has 5 heteroatoms. The summed E-state index contributed by atoms with van der Waals surface area (Å²) in [6.07, 6.45) is 7.18. The molecule has 2 heterocycles. The molecule has 2 aromatic rings. The molecule has 4 nitrogen and oxygen atoms in total.